The number of halogens is 1. The number of nitrogens with zero attached hydrogens (tertiary/aromatic N) is 1. The zero-order valence-corrected chi connectivity index (χ0v) is 10.8. The van der Waals surface area contributed by atoms with Gasteiger partial charge in [0.2, 0.25) is 12.1 Å². The Morgan fingerprint density at radius 1 is 1.53 bits per heavy atom. The molecule has 0 aliphatic rings. The van der Waals surface area contributed by atoms with Crippen LogP contribution in [0.2, 0.25) is 5.02 Å². The number of carbonyl (C=O) groups excluding carboxylic acids is 1. The minimum atomic E-state index is -2.29. The molecule has 0 saturated heterocycles. The maximum Gasteiger partial charge on any atom is 0.349 e. The molecule has 1 atom stereocenters. The average Bonchev–Trinajstić information content (AvgIpc) is 2.36. The Bertz CT molecular complexity index is 499. The fraction of sp³-hybridized carbons (Fsp3) is 0.250. The lowest BCUT2D eigenvalue weighted by atomic mass is 10.0. The first-order valence-corrected chi connectivity index (χ1v) is 5.62. The molecule has 0 fully saturated rings. The highest BCUT2D eigenvalue weighted by molar-refractivity contribution is 6.30. The van der Waals surface area contributed by atoms with Crippen molar-refractivity contribution in [3.05, 3.63) is 51.0 Å². The molecule has 1 aromatic rings. The predicted molar refractivity (Wildman–Crippen MR) is 69.3 cm³/mol. The highest BCUT2D eigenvalue weighted by Gasteiger charge is 2.40. The van der Waals surface area contributed by atoms with Crippen LogP contribution in [0, 0.1) is 10.1 Å². The predicted octanol–water partition coefficient (Wildman–Crippen LogP) is 1.53. The molecule has 0 aliphatic carbocycles. The molecule has 6 nitrogen and oxygen atoms in total. The summed E-state index contributed by atoms with van der Waals surface area (Å²) in [7, 11) is 1.05. The fourth-order valence-electron chi connectivity index (χ4n) is 1.37. The Morgan fingerprint density at radius 3 is 2.58 bits per heavy atom. The lowest BCUT2D eigenvalue weighted by Gasteiger charge is -2.16. The molecule has 1 aromatic carbocycles. The third-order valence-corrected chi connectivity index (χ3v) is 2.58. The summed E-state index contributed by atoms with van der Waals surface area (Å²) >= 11 is 5.71. The van der Waals surface area contributed by atoms with Crippen LogP contribution in [0.3, 0.4) is 0 Å². The standard InChI is InChI=1S/C12H12ClNO5/c1-19-11(15)12(16,8-14(17)18)7-6-9-2-4-10(13)5-3-9/h2-7,16H,8H2,1H3/b7-6+. The Balaban J connectivity index is 2.97. The van der Waals surface area contributed by atoms with Crippen LogP contribution in [0.15, 0.2) is 30.3 Å². The van der Waals surface area contributed by atoms with Crippen molar-refractivity contribution >= 4 is 23.6 Å². The Kier molecular flexibility index (Phi) is 5.02. The second kappa shape index (κ2) is 6.31. The molecule has 0 saturated carbocycles. The van der Waals surface area contributed by atoms with E-state index in [1.54, 1.807) is 24.3 Å². The smallest absolute Gasteiger partial charge is 0.349 e. The molecular formula is C12H12ClNO5. The summed E-state index contributed by atoms with van der Waals surface area (Å²) in [5.74, 6) is -1.09. The van der Waals surface area contributed by atoms with Crippen molar-refractivity contribution in [3.63, 3.8) is 0 Å². The van der Waals surface area contributed by atoms with Crippen LogP contribution in [0.4, 0.5) is 0 Å². The second-order valence-electron chi connectivity index (χ2n) is 3.79. The summed E-state index contributed by atoms with van der Waals surface area (Å²) in [6.07, 6.45) is 2.42. The molecule has 1 unspecified atom stereocenters. The van der Waals surface area contributed by atoms with Crippen molar-refractivity contribution in [2.45, 2.75) is 5.60 Å². The van der Waals surface area contributed by atoms with E-state index >= 15 is 0 Å². The number of carbonyl (C=O) groups is 1. The van der Waals surface area contributed by atoms with Crippen molar-refractivity contribution in [2.24, 2.45) is 0 Å². The van der Waals surface area contributed by atoms with E-state index in [0.29, 0.717) is 10.6 Å². The molecule has 19 heavy (non-hydrogen) atoms. The molecule has 0 amide bonds. The molecule has 0 radical (unpaired) electrons. The first-order valence-electron chi connectivity index (χ1n) is 5.25. The first kappa shape index (κ1) is 15.1. The number of rotatable bonds is 5. The van der Waals surface area contributed by atoms with E-state index in [4.69, 9.17) is 11.6 Å². The van der Waals surface area contributed by atoms with Gasteiger partial charge in [0, 0.05) is 9.95 Å². The van der Waals surface area contributed by atoms with Crippen molar-refractivity contribution in [2.75, 3.05) is 13.7 Å². The van der Waals surface area contributed by atoms with Crippen molar-refractivity contribution < 1.29 is 19.6 Å². The van der Waals surface area contributed by atoms with Gasteiger partial charge in [0.05, 0.1) is 7.11 Å². The van der Waals surface area contributed by atoms with E-state index in [9.17, 15) is 20.0 Å². The summed E-state index contributed by atoms with van der Waals surface area (Å²) in [4.78, 5) is 21.1. The SMILES string of the molecule is COC(=O)C(O)(/C=C/c1ccc(Cl)cc1)C[N+](=O)[O-]. The van der Waals surface area contributed by atoms with Gasteiger partial charge in [-0.3, -0.25) is 10.1 Å². The lowest BCUT2D eigenvalue weighted by molar-refractivity contribution is -0.494. The van der Waals surface area contributed by atoms with E-state index < -0.39 is 23.0 Å². The molecule has 0 bridgehead atoms. The maximum absolute atomic E-state index is 11.4. The zero-order valence-electron chi connectivity index (χ0n) is 10.1. The molecule has 1 rings (SSSR count). The molecule has 0 spiro atoms. The first-order chi connectivity index (χ1) is 8.87. The van der Waals surface area contributed by atoms with Crippen LogP contribution in [-0.2, 0) is 9.53 Å². The van der Waals surface area contributed by atoms with Crippen LogP contribution in [0.25, 0.3) is 6.08 Å². The van der Waals surface area contributed by atoms with Crippen LogP contribution in [0.5, 0.6) is 0 Å². The number of benzene rings is 1. The average molecular weight is 286 g/mol. The normalized spacial score (nSPS) is 14.1. The number of esters is 1. The molecule has 102 valence electrons. The van der Waals surface area contributed by atoms with Crippen LogP contribution in [-0.4, -0.2) is 35.3 Å². The molecule has 0 aromatic heterocycles. The van der Waals surface area contributed by atoms with Gasteiger partial charge in [-0.2, -0.15) is 0 Å². The molecular weight excluding hydrogens is 274 g/mol. The van der Waals surface area contributed by atoms with E-state index in [1.807, 2.05) is 0 Å². The Morgan fingerprint density at radius 2 is 2.11 bits per heavy atom. The van der Waals surface area contributed by atoms with E-state index in [1.165, 1.54) is 6.08 Å². The summed E-state index contributed by atoms with van der Waals surface area (Å²) in [6, 6.07) is 6.52. The molecule has 0 aliphatic heterocycles. The Hall–Kier alpha value is -1.92. The van der Waals surface area contributed by atoms with Gasteiger partial charge in [-0.25, -0.2) is 4.79 Å². The number of hydrogen-bond donors (Lipinski definition) is 1. The van der Waals surface area contributed by atoms with Gasteiger partial charge >= 0.3 is 5.97 Å². The number of aliphatic hydroxyl groups is 1. The topological polar surface area (TPSA) is 89.7 Å². The van der Waals surface area contributed by atoms with Gasteiger partial charge in [-0.1, -0.05) is 29.8 Å². The van der Waals surface area contributed by atoms with Gasteiger partial charge in [0.1, 0.15) is 0 Å². The third-order valence-electron chi connectivity index (χ3n) is 2.33. The van der Waals surface area contributed by atoms with Crippen molar-refractivity contribution in [3.8, 4) is 0 Å². The molecule has 0 heterocycles. The van der Waals surface area contributed by atoms with Crippen molar-refractivity contribution in [1.82, 2.24) is 0 Å². The van der Waals surface area contributed by atoms with Gasteiger partial charge in [0.15, 0.2) is 0 Å². The largest absolute Gasteiger partial charge is 0.466 e. The van der Waals surface area contributed by atoms with Gasteiger partial charge in [0.25, 0.3) is 0 Å². The summed E-state index contributed by atoms with van der Waals surface area (Å²) in [5.41, 5.74) is -1.66. The van der Waals surface area contributed by atoms with Gasteiger partial charge in [-0.15, -0.1) is 0 Å². The summed E-state index contributed by atoms with van der Waals surface area (Å²) < 4.78 is 4.36. The number of ether oxygens (including phenoxy) is 1. The second-order valence-corrected chi connectivity index (χ2v) is 4.23. The van der Waals surface area contributed by atoms with E-state index in [-0.39, 0.29) is 0 Å². The fourth-order valence-corrected chi connectivity index (χ4v) is 1.49. The van der Waals surface area contributed by atoms with E-state index in [0.717, 1.165) is 13.2 Å². The van der Waals surface area contributed by atoms with Gasteiger partial charge in [-0.05, 0) is 23.8 Å². The minimum Gasteiger partial charge on any atom is -0.466 e. The van der Waals surface area contributed by atoms with Crippen LogP contribution in [0.1, 0.15) is 5.56 Å². The number of hydrogen-bond acceptors (Lipinski definition) is 5. The van der Waals surface area contributed by atoms with Crippen LogP contribution >= 0.6 is 11.6 Å². The quantitative estimate of drug-likeness (QED) is 0.503. The molecule has 7 heteroatoms. The van der Waals surface area contributed by atoms with Gasteiger partial charge < -0.3 is 9.84 Å². The lowest BCUT2D eigenvalue weighted by Crippen LogP contribution is -2.44. The van der Waals surface area contributed by atoms with Crippen LogP contribution < -0.4 is 0 Å². The number of methoxy groups -OCH3 is 1. The minimum absolute atomic E-state index is 0.533. The number of nitro groups is 1. The Labute approximate surface area is 114 Å². The summed E-state index contributed by atoms with van der Waals surface area (Å²) in [5, 5.41) is 20.9. The summed E-state index contributed by atoms with van der Waals surface area (Å²) in [6.45, 7) is -0.968. The third kappa shape index (κ3) is 4.35. The molecule has 1 N–H and O–H groups in total. The maximum atomic E-state index is 11.4. The van der Waals surface area contributed by atoms with Crippen molar-refractivity contribution in [1.29, 1.82) is 0 Å². The highest BCUT2D eigenvalue weighted by atomic mass is 35.5. The van der Waals surface area contributed by atoms with E-state index in [2.05, 4.69) is 4.74 Å². The highest BCUT2D eigenvalue weighted by Crippen LogP contribution is 2.15. The zero-order chi connectivity index (χ0) is 14.5. The monoisotopic (exact) mass is 285 g/mol.